The van der Waals surface area contributed by atoms with Crippen LogP contribution in [0.5, 0.6) is 0 Å². The van der Waals surface area contributed by atoms with Crippen molar-refractivity contribution < 1.29 is 9.59 Å². The van der Waals surface area contributed by atoms with Gasteiger partial charge in [0.05, 0.1) is 6.04 Å². The molecule has 0 saturated carbocycles. The molecule has 2 aromatic carbocycles. The first-order chi connectivity index (χ1) is 15.0. The standard InChI is InChI=1S/C25H25ClN2O2S/c1-17-2-6-19(7-3-17)25-21-13-15-31-22(21)12-14-28(25)24(30)11-10-23(29)27-16-18-4-8-20(26)9-5-18/h2-9,13,15,25H,10-12,14,16H2,1H3,(H,27,29). The molecule has 1 atom stereocenters. The molecule has 3 aromatic rings. The quantitative estimate of drug-likeness (QED) is 0.553. The van der Waals surface area contributed by atoms with Crippen LogP contribution in [-0.4, -0.2) is 23.3 Å². The Labute approximate surface area is 191 Å². The number of carbonyl (C=O) groups is 2. The highest BCUT2D eigenvalue weighted by atomic mass is 35.5. The van der Waals surface area contributed by atoms with E-state index in [4.69, 9.17) is 11.6 Å². The summed E-state index contributed by atoms with van der Waals surface area (Å²) in [5, 5.41) is 5.65. The molecule has 2 heterocycles. The highest BCUT2D eigenvalue weighted by Gasteiger charge is 2.32. The highest BCUT2D eigenvalue weighted by molar-refractivity contribution is 7.10. The summed E-state index contributed by atoms with van der Waals surface area (Å²) >= 11 is 7.65. The summed E-state index contributed by atoms with van der Waals surface area (Å²) in [6, 6.07) is 17.8. The smallest absolute Gasteiger partial charge is 0.223 e. The maximum absolute atomic E-state index is 13.1. The lowest BCUT2D eigenvalue weighted by Gasteiger charge is -2.36. The van der Waals surface area contributed by atoms with Crippen LogP contribution in [0.2, 0.25) is 5.02 Å². The molecule has 0 saturated heterocycles. The van der Waals surface area contributed by atoms with Gasteiger partial charge in [-0.1, -0.05) is 53.6 Å². The molecule has 6 heteroatoms. The number of carbonyl (C=O) groups excluding carboxylic acids is 2. The summed E-state index contributed by atoms with van der Waals surface area (Å²) < 4.78 is 0. The van der Waals surface area contributed by atoms with Crippen LogP contribution in [0.15, 0.2) is 60.0 Å². The van der Waals surface area contributed by atoms with Gasteiger partial charge in [-0.25, -0.2) is 0 Å². The molecule has 1 N–H and O–H groups in total. The number of benzene rings is 2. The van der Waals surface area contributed by atoms with Gasteiger partial charge in [0, 0.05) is 35.8 Å². The third-order valence-corrected chi connectivity index (χ3v) is 6.90. The highest BCUT2D eigenvalue weighted by Crippen LogP contribution is 2.38. The largest absolute Gasteiger partial charge is 0.352 e. The van der Waals surface area contributed by atoms with Crippen molar-refractivity contribution in [3.05, 3.63) is 92.1 Å². The average molecular weight is 453 g/mol. The van der Waals surface area contributed by atoms with E-state index in [2.05, 4.69) is 48.0 Å². The maximum atomic E-state index is 13.1. The molecule has 1 aliphatic heterocycles. The molecule has 0 fully saturated rings. The molecule has 0 bridgehead atoms. The van der Waals surface area contributed by atoms with E-state index in [9.17, 15) is 9.59 Å². The number of halogens is 1. The van der Waals surface area contributed by atoms with Crippen LogP contribution in [-0.2, 0) is 22.6 Å². The van der Waals surface area contributed by atoms with Crippen molar-refractivity contribution in [2.24, 2.45) is 0 Å². The monoisotopic (exact) mass is 452 g/mol. The fourth-order valence-electron chi connectivity index (χ4n) is 3.95. The van der Waals surface area contributed by atoms with Crippen LogP contribution < -0.4 is 5.32 Å². The molecule has 1 aliphatic rings. The molecule has 1 aromatic heterocycles. The summed E-state index contributed by atoms with van der Waals surface area (Å²) in [5.41, 5.74) is 4.50. The number of thiophene rings is 1. The first kappa shape index (κ1) is 21.6. The van der Waals surface area contributed by atoms with Crippen molar-refractivity contribution in [2.45, 2.75) is 38.8 Å². The molecule has 0 spiro atoms. The zero-order valence-electron chi connectivity index (χ0n) is 17.4. The molecule has 4 nitrogen and oxygen atoms in total. The summed E-state index contributed by atoms with van der Waals surface area (Å²) in [7, 11) is 0. The van der Waals surface area contributed by atoms with Crippen LogP contribution >= 0.6 is 22.9 Å². The van der Waals surface area contributed by atoms with Crippen molar-refractivity contribution in [2.75, 3.05) is 6.54 Å². The predicted octanol–water partition coefficient (Wildman–Crippen LogP) is 5.28. The Kier molecular flexibility index (Phi) is 6.73. The SMILES string of the molecule is Cc1ccc(C2c3ccsc3CCN2C(=O)CCC(=O)NCc2ccc(Cl)cc2)cc1. The van der Waals surface area contributed by atoms with E-state index in [1.807, 2.05) is 17.0 Å². The lowest BCUT2D eigenvalue weighted by atomic mass is 9.92. The van der Waals surface area contributed by atoms with Gasteiger partial charge >= 0.3 is 0 Å². The summed E-state index contributed by atoms with van der Waals surface area (Å²) in [6.45, 7) is 3.17. The van der Waals surface area contributed by atoms with Crippen molar-refractivity contribution in [1.29, 1.82) is 0 Å². The molecule has 31 heavy (non-hydrogen) atoms. The molecule has 0 aliphatic carbocycles. The van der Waals surface area contributed by atoms with Crippen molar-refractivity contribution in [1.82, 2.24) is 10.2 Å². The number of hydrogen-bond donors (Lipinski definition) is 1. The number of aryl methyl sites for hydroxylation is 1. The Balaban J connectivity index is 1.40. The van der Waals surface area contributed by atoms with Crippen LogP contribution in [0.25, 0.3) is 0 Å². The van der Waals surface area contributed by atoms with Crippen molar-refractivity contribution in [3.8, 4) is 0 Å². The van der Waals surface area contributed by atoms with Crippen LogP contribution in [0, 0.1) is 6.92 Å². The van der Waals surface area contributed by atoms with E-state index in [1.54, 1.807) is 23.5 Å². The van der Waals surface area contributed by atoms with Gasteiger partial charge in [-0.05, 0) is 53.6 Å². The van der Waals surface area contributed by atoms with Crippen LogP contribution in [0.3, 0.4) is 0 Å². The van der Waals surface area contributed by atoms with Gasteiger partial charge in [0.15, 0.2) is 0 Å². The second kappa shape index (κ2) is 9.67. The normalized spacial score (nSPS) is 15.4. The fraction of sp³-hybridized carbons (Fsp3) is 0.280. The predicted molar refractivity (Wildman–Crippen MR) is 125 cm³/mol. The molecule has 2 amide bonds. The topological polar surface area (TPSA) is 49.4 Å². The fourth-order valence-corrected chi connectivity index (χ4v) is 4.98. The van der Waals surface area contributed by atoms with E-state index in [0.717, 1.165) is 17.5 Å². The Morgan fingerprint density at radius 1 is 1.06 bits per heavy atom. The van der Waals surface area contributed by atoms with Crippen molar-refractivity contribution in [3.63, 3.8) is 0 Å². The van der Waals surface area contributed by atoms with E-state index >= 15 is 0 Å². The second-order valence-corrected chi connectivity index (χ2v) is 9.29. The number of nitrogens with zero attached hydrogens (tertiary/aromatic N) is 1. The van der Waals surface area contributed by atoms with Gasteiger partial charge in [0.1, 0.15) is 0 Å². The van der Waals surface area contributed by atoms with Gasteiger partial charge in [-0.15, -0.1) is 11.3 Å². The third kappa shape index (κ3) is 5.17. The van der Waals surface area contributed by atoms with Gasteiger partial charge in [0.2, 0.25) is 11.8 Å². The van der Waals surface area contributed by atoms with Crippen LogP contribution in [0.1, 0.15) is 46.0 Å². The lowest BCUT2D eigenvalue weighted by molar-refractivity contribution is -0.135. The van der Waals surface area contributed by atoms with E-state index in [1.165, 1.54) is 16.0 Å². The average Bonchev–Trinajstić information content (AvgIpc) is 3.26. The van der Waals surface area contributed by atoms with E-state index < -0.39 is 0 Å². The number of hydrogen-bond acceptors (Lipinski definition) is 3. The molecular weight excluding hydrogens is 428 g/mol. The Morgan fingerprint density at radius 2 is 1.81 bits per heavy atom. The van der Waals surface area contributed by atoms with Crippen molar-refractivity contribution >= 4 is 34.8 Å². The summed E-state index contributed by atoms with van der Waals surface area (Å²) in [5.74, 6) is -0.104. The molecule has 4 rings (SSSR count). The lowest BCUT2D eigenvalue weighted by Crippen LogP contribution is -2.40. The number of amides is 2. The van der Waals surface area contributed by atoms with Gasteiger partial charge < -0.3 is 10.2 Å². The Hall–Kier alpha value is -2.63. The summed E-state index contributed by atoms with van der Waals surface area (Å²) in [4.78, 5) is 28.7. The number of rotatable bonds is 6. The van der Waals surface area contributed by atoms with Crippen LogP contribution in [0.4, 0.5) is 0 Å². The van der Waals surface area contributed by atoms with Gasteiger partial charge in [-0.2, -0.15) is 0 Å². The first-order valence-electron chi connectivity index (χ1n) is 10.4. The second-order valence-electron chi connectivity index (χ2n) is 7.85. The minimum atomic E-state index is -0.122. The molecule has 1 unspecified atom stereocenters. The maximum Gasteiger partial charge on any atom is 0.223 e. The minimum absolute atomic E-state index is 0.0177. The third-order valence-electron chi connectivity index (χ3n) is 5.65. The number of fused-ring (bicyclic) bond motifs is 1. The molecular formula is C25H25ClN2O2S. The molecule has 0 radical (unpaired) electrons. The minimum Gasteiger partial charge on any atom is -0.352 e. The zero-order valence-corrected chi connectivity index (χ0v) is 19.0. The zero-order chi connectivity index (χ0) is 21.8. The van der Waals surface area contributed by atoms with Gasteiger partial charge in [-0.3, -0.25) is 9.59 Å². The molecule has 160 valence electrons. The Morgan fingerprint density at radius 3 is 2.55 bits per heavy atom. The Bertz CT molecular complexity index is 1060. The summed E-state index contributed by atoms with van der Waals surface area (Å²) in [6.07, 6.45) is 1.25. The van der Waals surface area contributed by atoms with E-state index in [-0.39, 0.29) is 30.7 Å². The first-order valence-corrected chi connectivity index (χ1v) is 11.7. The number of nitrogens with one attached hydrogen (secondary N) is 1. The van der Waals surface area contributed by atoms with Gasteiger partial charge in [0.25, 0.3) is 0 Å². The van der Waals surface area contributed by atoms with E-state index in [0.29, 0.717) is 18.1 Å².